The van der Waals surface area contributed by atoms with Crippen LogP contribution in [0.15, 0.2) is 18.3 Å². The highest BCUT2D eigenvalue weighted by Gasteiger charge is 2.50. The van der Waals surface area contributed by atoms with Crippen molar-refractivity contribution >= 4 is 34.4 Å². The monoisotopic (exact) mass is 738 g/mol. The molecule has 4 aliphatic heterocycles. The van der Waals surface area contributed by atoms with E-state index in [0.29, 0.717) is 47.2 Å². The average molecular weight is 739 g/mol. The van der Waals surface area contributed by atoms with Crippen LogP contribution < -0.4 is 14.4 Å². The summed E-state index contributed by atoms with van der Waals surface area (Å²) >= 11 is 6.81. The van der Waals surface area contributed by atoms with Crippen LogP contribution in [0, 0.1) is 5.82 Å². The summed E-state index contributed by atoms with van der Waals surface area (Å²) in [6, 6.07) is 3.54. The van der Waals surface area contributed by atoms with E-state index >= 15 is 4.39 Å². The van der Waals surface area contributed by atoms with E-state index in [2.05, 4.69) is 9.80 Å². The number of benzene rings is 1. The van der Waals surface area contributed by atoms with Gasteiger partial charge in [-0.15, -0.1) is 0 Å². The average Bonchev–Trinajstić information content (AvgIpc) is 3.67. The number of fused-ring (bicyclic) bond motifs is 4. The fourth-order valence-corrected chi connectivity index (χ4v) is 9.36. The number of aromatic nitrogens is 3. The second-order valence-electron chi connectivity index (χ2n) is 16.1. The van der Waals surface area contributed by atoms with Gasteiger partial charge in [0, 0.05) is 43.0 Å². The molecule has 0 radical (unpaired) electrons. The number of aliphatic hydroxyl groups is 1. The zero-order chi connectivity index (χ0) is 36.4. The standard InChI is InChI=1S/C38H48ClFN6O6/c1-37(2,3)52-36(48)46-23-8-9-24(46)18-44(17-23)34-28-16-41-32(27-14-26(51-21-49-4)15-29(39)30(27)22-6-7-22)31(40)33(28)42-35(43-34)50-20-38-11-5-13-45(38)25(19-47)10-12-38/h14-16,22-25,47H,5-13,17-21H2,1-4H3/t23?,24?,25-,38+/m0/s1. The highest BCUT2D eigenvalue weighted by molar-refractivity contribution is 6.32. The Hall–Kier alpha value is -3.52. The van der Waals surface area contributed by atoms with E-state index in [1.165, 1.54) is 7.11 Å². The lowest BCUT2D eigenvalue weighted by atomic mass is 9.95. The lowest BCUT2D eigenvalue weighted by Crippen LogP contribution is -2.57. The number of halogens is 2. The molecule has 4 atom stereocenters. The minimum atomic E-state index is -0.604. The highest BCUT2D eigenvalue weighted by Crippen LogP contribution is 2.50. The number of hydrogen-bond donors (Lipinski definition) is 1. The van der Waals surface area contributed by atoms with Gasteiger partial charge in [-0.05, 0) is 102 Å². The maximum absolute atomic E-state index is 17.2. The van der Waals surface area contributed by atoms with Gasteiger partial charge in [0.2, 0.25) is 0 Å². The van der Waals surface area contributed by atoms with Crippen molar-refractivity contribution in [3.8, 4) is 23.0 Å². The molecule has 1 amide bonds. The van der Waals surface area contributed by atoms with E-state index in [9.17, 15) is 9.90 Å². The van der Waals surface area contributed by atoms with Crippen LogP contribution in [-0.2, 0) is 9.47 Å². The summed E-state index contributed by atoms with van der Waals surface area (Å²) in [5.41, 5.74) is 0.824. The molecule has 1 aliphatic carbocycles. The molecule has 2 unspecified atom stereocenters. The van der Waals surface area contributed by atoms with Crippen molar-refractivity contribution in [3.63, 3.8) is 0 Å². The van der Waals surface area contributed by atoms with Crippen molar-refractivity contribution in [2.75, 3.05) is 51.7 Å². The molecule has 0 spiro atoms. The fraction of sp³-hybridized carbons (Fsp3) is 0.632. The van der Waals surface area contributed by atoms with Crippen LogP contribution in [0.25, 0.3) is 22.2 Å². The molecule has 14 heteroatoms. The third-order valence-corrected chi connectivity index (χ3v) is 11.7. The van der Waals surface area contributed by atoms with Gasteiger partial charge in [-0.25, -0.2) is 9.18 Å². The van der Waals surface area contributed by atoms with Gasteiger partial charge in [0.1, 0.15) is 35.0 Å². The fourth-order valence-electron chi connectivity index (χ4n) is 8.99. The van der Waals surface area contributed by atoms with E-state index in [0.717, 1.165) is 63.5 Å². The summed E-state index contributed by atoms with van der Waals surface area (Å²) in [6.45, 7) is 8.00. The van der Waals surface area contributed by atoms with Gasteiger partial charge in [0.25, 0.3) is 0 Å². The first-order valence-electron chi connectivity index (χ1n) is 18.6. The predicted molar refractivity (Wildman–Crippen MR) is 194 cm³/mol. The van der Waals surface area contributed by atoms with Crippen LogP contribution in [-0.4, -0.2) is 112 Å². The number of piperazine rings is 1. The number of ether oxygens (including phenoxy) is 4. The molecule has 52 heavy (non-hydrogen) atoms. The first-order chi connectivity index (χ1) is 25.0. The quantitative estimate of drug-likeness (QED) is 0.236. The minimum Gasteiger partial charge on any atom is -0.467 e. The lowest BCUT2D eigenvalue weighted by Gasteiger charge is -2.42. The predicted octanol–water partition coefficient (Wildman–Crippen LogP) is 6.30. The van der Waals surface area contributed by atoms with E-state index in [1.54, 1.807) is 18.3 Å². The van der Waals surface area contributed by atoms with Crippen LogP contribution in [0.4, 0.5) is 15.0 Å². The van der Waals surface area contributed by atoms with E-state index in [-0.39, 0.29) is 66.3 Å². The number of carbonyl (C=O) groups excluding carboxylic acids is 1. The number of hydrogen-bond acceptors (Lipinski definition) is 11. The Bertz CT molecular complexity index is 1840. The summed E-state index contributed by atoms with van der Waals surface area (Å²) in [4.78, 5) is 34.0. The van der Waals surface area contributed by atoms with Gasteiger partial charge >= 0.3 is 12.1 Å². The summed E-state index contributed by atoms with van der Waals surface area (Å²) in [5, 5.41) is 11.0. The van der Waals surface area contributed by atoms with E-state index in [1.807, 2.05) is 25.7 Å². The van der Waals surface area contributed by atoms with Gasteiger partial charge in [-0.1, -0.05) is 11.6 Å². The summed E-state index contributed by atoms with van der Waals surface area (Å²) in [5.74, 6) is 0.591. The zero-order valence-corrected chi connectivity index (χ0v) is 31.1. The molecular weight excluding hydrogens is 691 g/mol. The van der Waals surface area contributed by atoms with Crippen LogP contribution in [0.3, 0.4) is 0 Å². The van der Waals surface area contributed by atoms with Crippen LogP contribution >= 0.6 is 11.6 Å². The first-order valence-corrected chi connectivity index (χ1v) is 18.9. The molecule has 1 aromatic carbocycles. The number of methoxy groups -OCH3 is 1. The zero-order valence-electron chi connectivity index (χ0n) is 30.4. The van der Waals surface area contributed by atoms with Crippen molar-refractivity contribution in [2.45, 2.75) is 107 Å². The molecule has 2 aromatic heterocycles. The van der Waals surface area contributed by atoms with Crippen LogP contribution in [0.5, 0.6) is 11.8 Å². The molecule has 8 rings (SSSR count). The molecular formula is C38H48ClFN6O6. The smallest absolute Gasteiger partial charge is 0.410 e. The maximum atomic E-state index is 17.2. The Kier molecular flexibility index (Phi) is 9.37. The van der Waals surface area contributed by atoms with Gasteiger partial charge in [0.05, 0.1) is 29.6 Å². The van der Waals surface area contributed by atoms with Gasteiger partial charge in [-0.3, -0.25) is 14.8 Å². The summed E-state index contributed by atoms with van der Waals surface area (Å²) < 4.78 is 40.3. The molecule has 1 N–H and O–H groups in total. The third kappa shape index (κ3) is 6.51. The number of rotatable bonds is 10. The molecule has 280 valence electrons. The Balaban J connectivity index is 1.19. The van der Waals surface area contributed by atoms with Crippen molar-refractivity contribution < 1.29 is 33.2 Å². The topological polar surface area (TPSA) is 123 Å². The van der Waals surface area contributed by atoms with Crippen molar-refractivity contribution in [2.24, 2.45) is 0 Å². The molecule has 1 saturated carbocycles. The summed E-state index contributed by atoms with van der Waals surface area (Å²) in [7, 11) is 1.53. The molecule has 5 aliphatic rings. The number of amides is 1. The van der Waals surface area contributed by atoms with Crippen LogP contribution in [0.1, 0.15) is 83.6 Å². The Labute approximate surface area is 308 Å². The van der Waals surface area contributed by atoms with E-state index in [4.69, 9.17) is 45.5 Å². The molecule has 4 saturated heterocycles. The second-order valence-corrected chi connectivity index (χ2v) is 16.5. The van der Waals surface area contributed by atoms with Crippen molar-refractivity contribution in [1.82, 2.24) is 24.8 Å². The SMILES string of the molecule is COCOc1cc(Cl)c(C2CC2)c(-c2ncc3c(N4CC5CCC(C4)N5C(=O)OC(C)(C)C)nc(OC[C@]45CCCN4[C@H](CO)CC5)nc3c2F)c1. The molecule has 6 heterocycles. The maximum Gasteiger partial charge on any atom is 0.410 e. The van der Waals surface area contributed by atoms with Gasteiger partial charge in [0.15, 0.2) is 12.6 Å². The number of nitrogens with zero attached hydrogens (tertiary/aromatic N) is 6. The van der Waals surface area contributed by atoms with Crippen molar-refractivity contribution in [1.29, 1.82) is 0 Å². The molecule has 2 bridgehead atoms. The number of aliphatic hydroxyl groups excluding tert-OH is 1. The normalized spacial score (nSPS) is 25.9. The Morgan fingerprint density at radius 1 is 1.08 bits per heavy atom. The van der Waals surface area contributed by atoms with Gasteiger partial charge < -0.3 is 29.0 Å². The van der Waals surface area contributed by atoms with E-state index < -0.39 is 11.4 Å². The highest BCUT2D eigenvalue weighted by atomic mass is 35.5. The number of carbonyl (C=O) groups is 1. The largest absolute Gasteiger partial charge is 0.467 e. The Morgan fingerprint density at radius 3 is 2.54 bits per heavy atom. The first kappa shape index (κ1) is 35.5. The lowest BCUT2D eigenvalue weighted by molar-refractivity contribution is 0.0122. The number of anilines is 1. The minimum absolute atomic E-state index is 0.0185. The second kappa shape index (κ2) is 13.7. The van der Waals surface area contributed by atoms with Crippen molar-refractivity contribution in [3.05, 3.63) is 34.7 Å². The van der Waals surface area contributed by atoms with Gasteiger partial charge in [-0.2, -0.15) is 9.97 Å². The third-order valence-electron chi connectivity index (χ3n) is 11.4. The Morgan fingerprint density at radius 2 is 1.85 bits per heavy atom. The molecule has 12 nitrogen and oxygen atoms in total. The molecule has 5 fully saturated rings. The molecule has 3 aromatic rings. The number of pyridine rings is 1. The van der Waals surface area contributed by atoms with Crippen LogP contribution in [0.2, 0.25) is 5.02 Å². The summed E-state index contributed by atoms with van der Waals surface area (Å²) in [6.07, 6.45) is 8.69.